The van der Waals surface area contributed by atoms with Gasteiger partial charge in [0, 0.05) is 36.3 Å². The third-order valence-electron chi connectivity index (χ3n) is 13.1. The lowest BCUT2D eigenvalue weighted by molar-refractivity contribution is -0.279. The van der Waals surface area contributed by atoms with E-state index in [-0.39, 0.29) is 32.9 Å². The molecule has 0 aromatic heterocycles. The molecule has 0 aliphatic carbocycles. The quantitative estimate of drug-likeness (QED) is 0.314. The molecule has 7 heteroatoms. The summed E-state index contributed by atoms with van der Waals surface area (Å²) in [5, 5.41) is 6.52. The van der Waals surface area contributed by atoms with E-state index >= 15 is 0 Å². The zero-order chi connectivity index (χ0) is 28.4. The Labute approximate surface area is 231 Å². The maximum Gasteiger partial charge on any atom is 0.387 e. The fraction of sp³-hybridized carbons (Fsp3) is 1.00. The molecule has 0 radical (unpaired) electrons. The monoisotopic (exact) mass is 541 g/mol. The third-order valence-corrected chi connectivity index (χ3v) is 14.1. The molecule has 0 spiro atoms. The Balaban J connectivity index is 1.92. The van der Waals surface area contributed by atoms with Crippen LogP contribution in [0.3, 0.4) is 0 Å². The molecule has 3 rings (SSSR count). The zero-order valence-electron chi connectivity index (χ0n) is 27.0. The van der Waals surface area contributed by atoms with Gasteiger partial charge < -0.3 is 0 Å². The van der Waals surface area contributed by atoms with Crippen molar-refractivity contribution in [2.75, 3.05) is 19.6 Å². The molecule has 0 N–H and O–H groups in total. The standard InChI is InChI=1S/C30H60N3O3P/c1-22-16-19-31(28(10,11)25(22,4)5)34-37(35-32-20-17-23(2)26(6,7)29(32,12)13)36-33-21-18-24(3)27(8,9)30(33,14)15/h22-24H,16-21H2,1-15H3. The topological polar surface area (TPSA) is 37.4 Å². The van der Waals surface area contributed by atoms with Crippen molar-refractivity contribution in [3.63, 3.8) is 0 Å². The van der Waals surface area contributed by atoms with Gasteiger partial charge in [0.2, 0.25) is 0 Å². The summed E-state index contributed by atoms with van der Waals surface area (Å²) >= 11 is 0. The summed E-state index contributed by atoms with van der Waals surface area (Å²) in [4.78, 5) is 0. The summed E-state index contributed by atoms with van der Waals surface area (Å²) in [7, 11) is -1.69. The highest BCUT2D eigenvalue weighted by Crippen LogP contribution is 2.57. The van der Waals surface area contributed by atoms with Crippen LogP contribution in [0.2, 0.25) is 0 Å². The predicted molar refractivity (Wildman–Crippen MR) is 155 cm³/mol. The predicted octanol–water partition coefficient (Wildman–Crippen LogP) is 8.45. The molecule has 0 saturated carbocycles. The lowest BCUT2D eigenvalue weighted by Crippen LogP contribution is -2.62. The molecule has 0 bridgehead atoms. The van der Waals surface area contributed by atoms with Gasteiger partial charge in [-0.05, 0) is 94.8 Å². The molecule has 3 aliphatic heterocycles. The molecule has 218 valence electrons. The summed E-state index contributed by atoms with van der Waals surface area (Å²) in [5.41, 5.74) is -0.196. The van der Waals surface area contributed by atoms with Crippen LogP contribution in [-0.4, -0.2) is 51.4 Å². The van der Waals surface area contributed by atoms with Crippen LogP contribution in [0.5, 0.6) is 0 Å². The number of nitrogens with zero attached hydrogens (tertiary/aromatic N) is 3. The average molecular weight is 542 g/mol. The lowest BCUT2D eigenvalue weighted by Gasteiger charge is -2.58. The molecule has 3 unspecified atom stereocenters. The largest absolute Gasteiger partial charge is 0.387 e. The Morgan fingerprint density at radius 2 is 0.676 bits per heavy atom. The van der Waals surface area contributed by atoms with Gasteiger partial charge in [0.1, 0.15) is 0 Å². The van der Waals surface area contributed by atoms with E-state index in [2.05, 4.69) is 119 Å². The van der Waals surface area contributed by atoms with E-state index in [1.54, 1.807) is 0 Å². The number of piperidine rings is 3. The van der Waals surface area contributed by atoms with Crippen LogP contribution in [0.4, 0.5) is 0 Å². The van der Waals surface area contributed by atoms with Gasteiger partial charge in [0.15, 0.2) is 0 Å². The smallest absolute Gasteiger partial charge is 0.218 e. The van der Waals surface area contributed by atoms with E-state index < -0.39 is 8.60 Å². The Bertz CT molecular complexity index is 705. The second kappa shape index (κ2) is 10.2. The van der Waals surface area contributed by atoms with Crippen LogP contribution in [0.15, 0.2) is 0 Å². The maximum atomic E-state index is 6.84. The van der Waals surface area contributed by atoms with Crippen LogP contribution in [-0.2, 0) is 13.9 Å². The van der Waals surface area contributed by atoms with Crippen molar-refractivity contribution in [1.82, 2.24) is 15.2 Å². The summed E-state index contributed by atoms with van der Waals surface area (Å²) in [6, 6.07) is 0. The zero-order valence-corrected chi connectivity index (χ0v) is 27.9. The van der Waals surface area contributed by atoms with Crippen LogP contribution in [0.25, 0.3) is 0 Å². The fourth-order valence-corrected chi connectivity index (χ4v) is 7.77. The number of hydrogen-bond acceptors (Lipinski definition) is 6. The molecule has 3 fully saturated rings. The fourth-order valence-electron chi connectivity index (χ4n) is 6.34. The Kier molecular flexibility index (Phi) is 8.77. The van der Waals surface area contributed by atoms with Crippen molar-refractivity contribution in [2.24, 2.45) is 34.0 Å². The molecule has 3 aliphatic rings. The first-order chi connectivity index (χ1) is 16.6. The maximum absolute atomic E-state index is 6.84. The third kappa shape index (κ3) is 5.20. The van der Waals surface area contributed by atoms with Crippen LogP contribution in [0.1, 0.15) is 123 Å². The van der Waals surface area contributed by atoms with Crippen molar-refractivity contribution >= 4 is 8.60 Å². The number of hydroxylamine groups is 6. The number of hydrogen-bond donors (Lipinski definition) is 0. The first kappa shape index (κ1) is 31.7. The molecule has 0 aromatic carbocycles. The van der Waals surface area contributed by atoms with Crippen molar-refractivity contribution in [3.8, 4) is 0 Å². The van der Waals surface area contributed by atoms with E-state index in [0.29, 0.717) is 17.8 Å². The first-order valence-electron chi connectivity index (χ1n) is 14.8. The van der Waals surface area contributed by atoms with Crippen molar-refractivity contribution < 1.29 is 13.9 Å². The molecule has 6 nitrogen and oxygen atoms in total. The summed E-state index contributed by atoms with van der Waals surface area (Å²) < 4.78 is 20.5. The van der Waals surface area contributed by atoms with E-state index in [9.17, 15) is 0 Å². The van der Waals surface area contributed by atoms with E-state index in [0.717, 1.165) is 38.9 Å². The van der Waals surface area contributed by atoms with E-state index in [4.69, 9.17) is 13.9 Å². The minimum absolute atomic E-state index is 0.0931. The molecule has 3 saturated heterocycles. The molecular formula is C30H60N3O3P. The van der Waals surface area contributed by atoms with Gasteiger partial charge in [-0.2, -0.15) is 15.2 Å². The highest BCUT2D eigenvalue weighted by Gasteiger charge is 2.55. The van der Waals surface area contributed by atoms with Gasteiger partial charge in [-0.3, -0.25) is 0 Å². The second-order valence-electron chi connectivity index (χ2n) is 15.7. The molecule has 0 aromatic rings. The van der Waals surface area contributed by atoms with Crippen LogP contribution in [0, 0.1) is 34.0 Å². The minimum Gasteiger partial charge on any atom is -0.218 e. The van der Waals surface area contributed by atoms with Gasteiger partial charge in [-0.15, -0.1) is 0 Å². The van der Waals surface area contributed by atoms with Crippen molar-refractivity contribution in [1.29, 1.82) is 0 Å². The summed E-state index contributed by atoms with van der Waals surface area (Å²) in [6.07, 6.45) is 3.29. The molecular weight excluding hydrogens is 481 g/mol. The van der Waals surface area contributed by atoms with Gasteiger partial charge in [0.05, 0.1) is 0 Å². The molecule has 3 heterocycles. The van der Waals surface area contributed by atoms with Crippen LogP contribution < -0.4 is 0 Å². The number of rotatable bonds is 6. The van der Waals surface area contributed by atoms with Gasteiger partial charge in [0.25, 0.3) is 0 Å². The Hall–Kier alpha value is 0.190. The highest BCUT2D eigenvalue weighted by molar-refractivity contribution is 7.41. The highest BCUT2D eigenvalue weighted by atomic mass is 31.2. The average Bonchev–Trinajstić information content (AvgIpc) is 2.76. The lowest BCUT2D eigenvalue weighted by atomic mass is 9.63. The van der Waals surface area contributed by atoms with Gasteiger partial charge in [-0.1, -0.05) is 62.3 Å². The van der Waals surface area contributed by atoms with Gasteiger partial charge >= 0.3 is 8.60 Å². The first-order valence-corrected chi connectivity index (χ1v) is 15.9. The molecule has 3 atom stereocenters. The van der Waals surface area contributed by atoms with Gasteiger partial charge in [-0.25, -0.2) is 13.9 Å². The normalized spacial score (nSPS) is 36.2. The molecule has 0 amide bonds. The molecule has 37 heavy (non-hydrogen) atoms. The second-order valence-corrected chi connectivity index (χ2v) is 16.6. The van der Waals surface area contributed by atoms with E-state index in [1.165, 1.54) is 0 Å². The van der Waals surface area contributed by atoms with Crippen LogP contribution >= 0.6 is 8.60 Å². The van der Waals surface area contributed by atoms with Crippen molar-refractivity contribution in [2.45, 2.75) is 140 Å². The van der Waals surface area contributed by atoms with E-state index in [1.807, 2.05) is 0 Å². The SMILES string of the molecule is CC1CCN(OP(ON2CCC(C)C(C)(C)C2(C)C)ON2CCC(C)C(C)(C)C2(C)C)C(C)(C)C1(C)C. The summed E-state index contributed by atoms with van der Waals surface area (Å²) in [5.74, 6) is 1.84. The minimum atomic E-state index is -1.69. The Morgan fingerprint density at radius 1 is 0.459 bits per heavy atom. The van der Waals surface area contributed by atoms with Crippen molar-refractivity contribution in [3.05, 3.63) is 0 Å². The summed E-state index contributed by atoms with van der Waals surface area (Å²) in [6.45, 7) is 37.8. The Morgan fingerprint density at radius 3 is 0.892 bits per heavy atom.